The molecule has 1 fully saturated rings. The number of H-pyrrole nitrogens is 1. The molecule has 3 aliphatic rings. The monoisotopic (exact) mass is 393 g/mol. The Bertz CT molecular complexity index is 1090. The molecule has 2 aliphatic heterocycles. The van der Waals surface area contributed by atoms with E-state index in [0.717, 1.165) is 40.1 Å². The molecule has 0 radical (unpaired) electrons. The summed E-state index contributed by atoms with van der Waals surface area (Å²) in [7, 11) is 0. The fourth-order valence-corrected chi connectivity index (χ4v) is 4.50. The molecule has 3 heterocycles. The number of aromatic amines is 1. The maximum absolute atomic E-state index is 6.19. The number of aliphatic imine (C=N–C) groups is 1. The highest BCUT2D eigenvalue weighted by Gasteiger charge is 2.38. The van der Waals surface area contributed by atoms with Crippen LogP contribution in [0.1, 0.15) is 36.1 Å². The summed E-state index contributed by atoms with van der Waals surface area (Å²) < 4.78 is 11.1. The van der Waals surface area contributed by atoms with Crippen molar-refractivity contribution in [1.82, 2.24) is 9.88 Å². The lowest BCUT2D eigenvalue weighted by Gasteiger charge is -2.28. The number of nitrogens with one attached hydrogen (secondary N) is 1. The van der Waals surface area contributed by atoms with Crippen molar-refractivity contribution >= 4 is 28.8 Å². The molecule has 6 heteroatoms. The van der Waals surface area contributed by atoms with Crippen molar-refractivity contribution in [1.29, 1.82) is 0 Å². The van der Waals surface area contributed by atoms with Crippen molar-refractivity contribution in [3.63, 3.8) is 0 Å². The first-order chi connectivity index (χ1) is 13.8. The van der Waals surface area contributed by atoms with Crippen LogP contribution in [0.15, 0.2) is 47.6 Å². The second-order valence-electron chi connectivity index (χ2n) is 7.84. The van der Waals surface area contributed by atoms with E-state index < -0.39 is 0 Å². The lowest BCUT2D eigenvalue weighted by molar-refractivity contribution is 0.174. The molecule has 2 aromatic carbocycles. The molecule has 0 amide bonds. The van der Waals surface area contributed by atoms with E-state index in [9.17, 15) is 0 Å². The quantitative estimate of drug-likeness (QED) is 0.672. The van der Waals surface area contributed by atoms with E-state index in [-0.39, 0.29) is 18.9 Å². The number of hydrogen-bond acceptors (Lipinski definition) is 4. The van der Waals surface area contributed by atoms with Gasteiger partial charge in [0.05, 0.1) is 12.4 Å². The molecule has 1 saturated carbocycles. The molecule has 0 bridgehead atoms. The van der Waals surface area contributed by atoms with Gasteiger partial charge in [0, 0.05) is 34.2 Å². The highest BCUT2D eigenvalue weighted by molar-refractivity contribution is 6.31. The Labute approximate surface area is 167 Å². The zero-order valence-corrected chi connectivity index (χ0v) is 16.0. The minimum Gasteiger partial charge on any atom is -0.454 e. The van der Waals surface area contributed by atoms with Gasteiger partial charge in [0.1, 0.15) is 6.04 Å². The van der Waals surface area contributed by atoms with Crippen molar-refractivity contribution < 1.29 is 9.47 Å². The first kappa shape index (κ1) is 16.3. The van der Waals surface area contributed by atoms with Gasteiger partial charge in [-0.25, -0.2) is 0 Å². The largest absolute Gasteiger partial charge is 0.454 e. The first-order valence-corrected chi connectivity index (χ1v) is 10.1. The highest BCUT2D eigenvalue weighted by atomic mass is 35.5. The predicted molar refractivity (Wildman–Crippen MR) is 109 cm³/mol. The van der Waals surface area contributed by atoms with E-state index >= 15 is 0 Å². The smallest absolute Gasteiger partial charge is 0.231 e. The average molecular weight is 394 g/mol. The lowest BCUT2D eigenvalue weighted by atomic mass is 9.93. The van der Waals surface area contributed by atoms with Crippen molar-refractivity contribution in [3.05, 3.63) is 58.7 Å². The van der Waals surface area contributed by atoms with Gasteiger partial charge in [0.2, 0.25) is 6.79 Å². The number of halogens is 1. The Balaban J connectivity index is 1.43. The fourth-order valence-electron chi connectivity index (χ4n) is 4.33. The zero-order chi connectivity index (χ0) is 18.7. The standard InChI is InChI=1S/C22H20ClN3O2/c23-15-4-5-16-17(9-24-18(16)8-15)22-21(25-11-26(22)10-13-1-2-13)14-3-6-19-20(7-14)28-12-27-19/h3-9,11,13,21-22,24H,1-2,10,12H2. The van der Waals surface area contributed by atoms with E-state index in [4.69, 9.17) is 26.1 Å². The maximum atomic E-state index is 6.19. The zero-order valence-electron chi connectivity index (χ0n) is 15.3. The molecule has 0 spiro atoms. The van der Waals surface area contributed by atoms with Crippen LogP contribution in [-0.4, -0.2) is 29.6 Å². The molecule has 3 aromatic rings. The number of nitrogens with zero attached hydrogens (tertiary/aromatic N) is 2. The van der Waals surface area contributed by atoms with Crippen LogP contribution < -0.4 is 9.47 Å². The normalized spacial score (nSPS) is 23.1. The van der Waals surface area contributed by atoms with Crippen LogP contribution in [0.5, 0.6) is 11.5 Å². The summed E-state index contributed by atoms with van der Waals surface area (Å²) in [5, 5.41) is 1.94. The number of fused-ring (bicyclic) bond motifs is 2. The molecular formula is C22H20ClN3O2. The van der Waals surface area contributed by atoms with E-state index in [1.54, 1.807) is 0 Å². The SMILES string of the molecule is Clc1ccc2c(C3C(c4ccc5c(c4)OCO5)N=CN3CC3CC3)c[nH]c2c1. The average Bonchev–Trinajstić information content (AvgIpc) is 3.08. The molecule has 28 heavy (non-hydrogen) atoms. The Kier molecular flexibility index (Phi) is 3.60. The van der Waals surface area contributed by atoms with Crippen LogP contribution in [-0.2, 0) is 0 Å². The number of ether oxygens (including phenoxy) is 2. The van der Waals surface area contributed by atoms with Crippen molar-refractivity contribution in [2.75, 3.05) is 13.3 Å². The number of hydrogen-bond donors (Lipinski definition) is 1. The molecule has 0 saturated heterocycles. The minimum absolute atomic E-state index is 0.0166. The summed E-state index contributed by atoms with van der Waals surface area (Å²) in [5.74, 6) is 2.39. The van der Waals surface area contributed by atoms with Crippen LogP contribution >= 0.6 is 11.6 Å². The third kappa shape index (κ3) is 2.65. The van der Waals surface area contributed by atoms with Gasteiger partial charge in [-0.05, 0) is 48.6 Å². The van der Waals surface area contributed by atoms with Crippen molar-refractivity contribution in [2.45, 2.75) is 24.9 Å². The molecule has 2 unspecified atom stereocenters. The molecule has 6 rings (SSSR count). The summed E-state index contributed by atoms with van der Waals surface area (Å²) in [6.45, 7) is 1.34. The van der Waals surface area contributed by atoms with Gasteiger partial charge >= 0.3 is 0 Å². The van der Waals surface area contributed by atoms with Crippen molar-refractivity contribution in [3.8, 4) is 11.5 Å². The molecule has 5 nitrogen and oxygen atoms in total. The van der Waals surface area contributed by atoms with Crippen LogP contribution in [0, 0.1) is 5.92 Å². The number of rotatable bonds is 4. The predicted octanol–water partition coefficient (Wildman–Crippen LogP) is 5.09. The van der Waals surface area contributed by atoms with Gasteiger partial charge in [0.25, 0.3) is 0 Å². The Morgan fingerprint density at radius 3 is 2.89 bits per heavy atom. The summed E-state index contributed by atoms with van der Waals surface area (Å²) in [6.07, 6.45) is 6.78. The summed E-state index contributed by atoms with van der Waals surface area (Å²) >= 11 is 6.19. The van der Waals surface area contributed by atoms with Gasteiger partial charge < -0.3 is 19.4 Å². The molecule has 2 atom stereocenters. The second kappa shape index (κ2) is 6.17. The second-order valence-corrected chi connectivity index (χ2v) is 8.28. The topological polar surface area (TPSA) is 49.9 Å². The van der Waals surface area contributed by atoms with E-state index in [0.29, 0.717) is 0 Å². The van der Waals surface area contributed by atoms with Crippen molar-refractivity contribution in [2.24, 2.45) is 10.9 Å². The van der Waals surface area contributed by atoms with E-state index in [2.05, 4.69) is 34.3 Å². The van der Waals surface area contributed by atoms with Crippen LogP contribution in [0.2, 0.25) is 5.02 Å². The lowest BCUT2D eigenvalue weighted by Crippen LogP contribution is -2.27. The van der Waals surface area contributed by atoms with Crippen LogP contribution in [0.3, 0.4) is 0 Å². The minimum atomic E-state index is 0.0166. The van der Waals surface area contributed by atoms with Gasteiger partial charge in [-0.2, -0.15) is 0 Å². The summed E-state index contributed by atoms with van der Waals surface area (Å²) in [5.41, 5.74) is 3.46. The Hall–Kier alpha value is -2.66. The van der Waals surface area contributed by atoms with Gasteiger partial charge in [-0.15, -0.1) is 0 Å². The summed E-state index contributed by atoms with van der Waals surface area (Å²) in [6, 6.07) is 12.4. The van der Waals surface area contributed by atoms with Gasteiger partial charge in [-0.3, -0.25) is 4.99 Å². The summed E-state index contributed by atoms with van der Waals surface area (Å²) in [4.78, 5) is 10.7. The highest BCUT2D eigenvalue weighted by Crippen LogP contribution is 2.46. The fraction of sp³-hybridized carbons (Fsp3) is 0.318. The molecule has 1 aromatic heterocycles. The number of benzene rings is 2. The van der Waals surface area contributed by atoms with Crippen LogP contribution in [0.25, 0.3) is 10.9 Å². The van der Waals surface area contributed by atoms with Crippen LogP contribution in [0.4, 0.5) is 0 Å². The Morgan fingerprint density at radius 1 is 1.11 bits per heavy atom. The first-order valence-electron chi connectivity index (χ1n) is 9.71. The van der Waals surface area contributed by atoms with E-state index in [1.165, 1.54) is 23.8 Å². The number of aromatic nitrogens is 1. The molecule has 1 N–H and O–H groups in total. The third-order valence-corrected chi connectivity index (χ3v) is 6.17. The molecule has 1 aliphatic carbocycles. The maximum Gasteiger partial charge on any atom is 0.231 e. The Morgan fingerprint density at radius 2 is 2.00 bits per heavy atom. The van der Waals surface area contributed by atoms with Gasteiger partial charge in [0.15, 0.2) is 11.5 Å². The molecule has 142 valence electrons. The third-order valence-electron chi connectivity index (χ3n) is 5.93. The molecular weight excluding hydrogens is 374 g/mol. The van der Waals surface area contributed by atoms with Gasteiger partial charge in [-0.1, -0.05) is 23.7 Å². The van der Waals surface area contributed by atoms with E-state index in [1.807, 2.05) is 24.5 Å².